The first kappa shape index (κ1) is 14.8. The van der Waals surface area contributed by atoms with E-state index < -0.39 is 5.60 Å². The van der Waals surface area contributed by atoms with Gasteiger partial charge in [-0.05, 0) is 33.6 Å². The zero-order valence-corrected chi connectivity index (χ0v) is 11.6. The van der Waals surface area contributed by atoms with Crippen LogP contribution in [0.2, 0.25) is 0 Å². The highest BCUT2D eigenvalue weighted by atomic mass is 16.6. The maximum absolute atomic E-state index is 11.9. The minimum absolute atomic E-state index is 0.0780. The molecule has 1 fully saturated rings. The Hall–Kier alpha value is -1.30. The van der Waals surface area contributed by atoms with Crippen molar-refractivity contribution in [2.24, 2.45) is 5.92 Å². The van der Waals surface area contributed by atoms with Crippen LogP contribution >= 0.6 is 0 Å². The molecule has 104 valence electrons. The Morgan fingerprint density at radius 2 is 2.00 bits per heavy atom. The molecule has 6 nitrogen and oxygen atoms in total. The second-order valence-corrected chi connectivity index (χ2v) is 5.50. The molecule has 0 spiro atoms. The smallest absolute Gasteiger partial charge is 0.410 e. The molecule has 6 heteroatoms. The maximum atomic E-state index is 11.9. The molecular formula is C12H23N3O3. The molecule has 0 aliphatic carbocycles. The Balaban J connectivity index is 2.53. The molecule has 1 rings (SSSR count). The number of likely N-dealkylation sites (tertiary alicyclic amines) is 1. The predicted octanol–water partition coefficient (Wildman–Crippen LogP) is 0.884. The minimum atomic E-state index is -0.503. The first-order valence-electron chi connectivity index (χ1n) is 6.28. The summed E-state index contributed by atoms with van der Waals surface area (Å²) in [6.45, 7) is 6.57. The van der Waals surface area contributed by atoms with Crippen LogP contribution in [-0.2, 0) is 9.53 Å². The molecule has 1 unspecified atom stereocenters. The van der Waals surface area contributed by atoms with E-state index in [0.717, 1.165) is 12.8 Å². The van der Waals surface area contributed by atoms with Gasteiger partial charge >= 0.3 is 6.09 Å². The van der Waals surface area contributed by atoms with Gasteiger partial charge in [0.2, 0.25) is 5.91 Å². The predicted molar refractivity (Wildman–Crippen MR) is 67.7 cm³/mol. The van der Waals surface area contributed by atoms with E-state index in [4.69, 9.17) is 4.74 Å². The van der Waals surface area contributed by atoms with E-state index in [0.29, 0.717) is 13.1 Å². The van der Waals surface area contributed by atoms with E-state index in [9.17, 15) is 9.59 Å². The Labute approximate surface area is 108 Å². The molecule has 2 amide bonds. The second-order valence-electron chi connectivity index (χ2n) is 5.50. The van der Waals surface area contributed by atoms with Gasteiger partial charge in [0, 0.05) is 20.1 Å². The van der Waals surface area contributed by atoms with E-state index in [1.807, 2.05) is 20.8 Å². The number of carbonyl (C=O) groups is 2. The third-order valence-electron chi connectivity index (χ3n) is 2.69. The zero-order chi connectivity index (χ0) is 13.8. The van der Waals surface area contributed by atoms with Gasteiger partial charge < -0.3 is 9.64 Å². The molecule has 2 N–H and O–H groups in total. The number of hydrogen-bond acceptors (Lipinski definition) is 4. The van der Waals surface area contributed by atoms with Crippen molar-refractivity contribution in [3.8, 4) is 0 Å². The van der Waals surface area contributed by atoms with Crippen molar-refractivity contribution in [3.63, 3.8) is 0 Å². The lowest BCUT2D eigenvalue weighted by Gasteiger charge is -2.33. The van der Waals surface area contributed by atoms with E-state index in [1.165, 1.54) is 0 Å². The van der Waals surface area contributed by atoms with Gasteiger partial charge in [0.25, 0.3) is 0 Å². The number of hydrazine groups is 1. The van der Waals surface area contributed by atoms with Gasteiger partial charge in [0.15, 0.2) is 0 Å². The summed E-state index contributed by atoms with van der Waals surface area (Å²) in [6.07, 6.45) is 1.28. The molecule has 0 aromatic carbocycles. The lowest BCUT2D eigenvalue weighted by Crippen LogP contribution is -2.48. The first-order chi connectivity index (χ1) is 8.33. The summed E-state index contributed by atoms with van der Waals surface area (Å²) in [6, 6.07) is 0. The van der Waals surface area contributed by atoms with Gasteiger partial charge in [-0.2, -0.15) is 0 Å². The number of nitrogens with one attached hydrogen (secondary N) is 2. The van der Waals surface area contributed by atoms with Gasteiger partial charge in [-0.25, -0.2) is 10.2 Å². The summed E-state index contributed by atoms with van der Waals surface area (Å²) in [5.74, 6) is -0.246. The number of amides is 2. The largest absolute Gasteiger partial charge is 0.444 e. The summed E-state index contributed by atoms with van der Waals surface area (Å²) in [4.78, 5) is 25.2. The Morgan fingerprint density at radius 1 is 1.33 bits per heavy atom. The van der Waals surface area contributed by atoms with Crippen LogP contribution in [0.15, 0.2) is 0 Å². The molecule has 18 heavy (non-hydrogen) atoms. The summed E-state index contributed by atoms with van der Waals surface area (Å²) in [7, 11) is 1.65. The molecule has 0 bridgehead atoms. The standard InChI is InChI=1S/C12H23N3O3/c1-12(2,3)18-11(17)15-7-5-6-9(8-15)10(16)14-13-4/h9,13H,5-8H2,1-4H3,(H,14,16). The van der Waals surface area contributed by atoms with E-state index in [-0.39, 0.29) is 17.9 Å². The van der Waals surface area contributed by atoms with E-state index in [1.54, 1.807) is 11.9 Å². The lowest BCUT2D eigenvalue weighted by molar-refractivity contribution is -0.127. The average molecular weight is 257 g/mol. The molecule has 1 heterocycles. The van der Waals surface area contributed by atoms with Gasteiger partial charge in [-0.1, -0.05) is 0 Å². The normalized spacial score (nSPS) is 20.4. The topological polar surface area (TPSA) is 70.7 Å². The van der Waals surface area contributed by atoms with Gasteiger partial charge in [-0.15, -0.1) is 0 Å². The highest BCUT2D eigenvalue weighted by molar-refractivity contribution is 5.79. The molecule has 0 saturated carbocycles. The van der Waals surface area contributed by atoms with Crippen LogP contribution in [0.25, 0.3) is 0 Å². The number of rotatable bonds is 2. The quantitative estimate of drug-likeness (QED) is 0.721. The van der Waals surface area contributed by atoms with Gasteiger partial charge in [0.05, 0.1) is 5.92 Å². The van der Waals surface area contributed by atoms with Crippen LogP contribution in [0.3, 0.4) is 0 Å². The Kier molecular flexibility index (Phi) is 4.95. The molecular weight excluding hydrogens is 234 g/mol. The van der Waals surface area contributed by atoms with E-state index >= 15 is 0 Å². The second kappa shape index (κ2) is 6.04. The highest BCUT2D eigenvalue weighted by Crippen LogP contribution is 2.19. The summed E-state index contributed by atoms with van der Waals surface area (Å²) < 4.78 is 5.30. The van der Waals surface area contributed by atoms with Crippen molar-refractivity contribution in [2.75, 3.05) is 20.1 Å². The number of piperidine rings is 1. The van der Waals surface area contributed by atoms with Crippen molar-refractivity contribution >= 4 is 12.0 Å². The Bertz CT molecular complexity index is 312. The van der Waals surface area contributed by atoms with Crippen LogP contribution in [0.1, 0.15) is 33.6 Å². The lowest BCUT2D eigenvalue weighted by atomic mass is 9.98. The fraction of sp³-hybridized carbons (Fsp3) is 0.833. The fourth-order valence-electron chi connectivity index (χ4n) is 1.91. The maximum Gasteiger partial charge on any atom is 0.410 e. The van der Waals surface area contributed by atoms with E-state index in [2.05, 4.69) is 10.9 Å². The molecule has 0 aromatic rings. The van der Waals surface area contributed by atoms with Crippen molar-refractivity contribution < 1.29 is 14.3 Å². The first-order valence-corrected chi connectivity index (χ1v) is 6.28. The van der Waals surface area contributed by atoms with Gasteiger partial charge in [-0.3, -0.25) is 10.2 Å². The van der Waals surface area contributed by atoms with Crippen molar-refractivity contribution in [3.05, 3.63) is 0 Å². The highest BCUT2D eigenvalue weighted by Gasteiger charge is 2.30. The van der Waals surface area contributed by atoms with Crippen molar-refractivity contribution in [1.82, 2.24) is 15.8 Å². The van der Waals surface area contributed by atoms with Crippen LogP contribution in [0.4, 0.5) is 4.79 Å². The molecule has 1 aliphatic heterocycles. The van der Waals surface area contributed by atoms with Crippen LogP contribution in [0, 0.1) is 5.92 Å². The summed E-state index contributed by atoms with van der Waals surface area (Å²) in [5, 5.41) is 0. The summed E-state index contributed by atoms with van der Waals surface area (Å²) >= 11 is 0. The number of hydrogen-bond donors (Lipinski definition) is 2. The van der Waals surface area contributed by atoms with Crippen molar-refractivity contribution in [1.29, 1.82) is 0 Å². The fourth-order valence-corrected chi connectivity index (χ4v) is 1.91. The van der Waals surface area contributed by atoms with Crippen LogP contribution in [-0.4, -0.2) is 42.6 Å². The zero-order valence-electron chi connectivity index (χ0n) is 11.6. The number of ether oxygens (including phenoxy) is 1. The third kappa shape index (κ3) is 4.52. The molecule has 1 aliphatic rings. The molecule has 0 radical (unpaired) electrons. The monoisotopic (exact) mass is 257 g/mol. The van der Waals surface area contributed by atoms with Gasteiger partial charge in [0.1, 0.15) is 5.60 Å². The molecule has 0 aromatic heterocycles. The van der Waals surface area contributed by atoms with Crippen LogP contribution in [0.5, 0.6) is 0 Å². The Morgan fingerprint density at radius 3 is 2.56 bits per heavy atom. The average Bonchev–Trinajstić information content (AvgIpc) is 2.27. The number of carbonyl (C=O) groups excluding carboxylic acids is 2. The molecule has 1 saturated heterocycles. The molecule has 1 atom stereocenters. The SMILES string of the molecule is CNNC(=O)C1CCCN(C(=O)OC(C)(C)C)C1. The minimum Gasteiger partial charge on any atom is -0.444 e. The summed E-state index contributed by atoms with van der Waals surface area (Å²) in [5.41, 5.74) is 4.67. The third-order valence-corrected chi connectivity index (χ3v) is 2.69. The van der Waals surface area contributed by atoms with Crippen LogP contribution < -0.4 is 10.9 Å². The van der Waals surface area contributed by atoms with Crippen molar-refractivity contribution in [2.45, 2.75) is 39.2 Å². The number of nitrogens with zero attached hydrogens (tertiary/aromatic N) is 1.